The Bertz CT molecular complexity index is 774. The molecule has 0 aliphatic carbocycles. The monoisotopic (exact) mass is 416 g/mol. The first-order valence-electron chi connectivity index (χ1n) is 9.63. The first-order valence-corrected chi connectivity index (χ1v) is 11.8. The van der Waals surface area contributed by atoms with Crippen LogP contribution in [0.5, 0.6) is 0 Å². The van der Waals surface area contributed by atoms with Crippen molar-refractivity contribution in [2.24, 2.45) is 11.8 Å². The van der Waals surface area contributed by atoms with Crippen LogP contribution in [0.15, 0.2) is 46.6 Å². The highest BCUT2D eigenvalue weighted by atomic mass is 32.2. The van der Waals surface area contributed by atoms with Crippen molar-refractivity contribution in [1.82, 2.24) is 15.3 Å². The number of anilines is 1. The molecule has 2 heterocycles. The predicted octanol–water partition coefficient (Wildman–Crippen LogP) is 4.09. The number of nitrogens with one attached hydrogen (secondary N) is 1. The summed E-state index contributed by atoms with van der Waals surface area (Å²) in [6.07, 6.45) is 4.93. The average molecular weight is 417 g/mol. The zero-order chi connectivity index (χ0) is 19.9. The number of carbonyl (C=O) groups is 1. The van der Waals surface area contributed by atoms with Crippen LogP contribution in [-0.4, -0.2) is 41.0 Å². The van der Waals surface area contributed by atoms with Crippen molar-refractivity contribution in [3.05, 3.63) is 42.2 Å². The highest BCUT2D eigenvalue weighted by Gasteiger charge is 2.23. The van der Waals surface area contributed by atoms with Gasteiger partial charge in [0.1, 0.15) is 17.2 Å². The van der Waals surface area contributed by atoms with Crippen LogP contribution in [0.1, 0.15) is 25.8 Å². The summed E-state index contributed by atoms with van der Waals surface area (Å²) in [5, 5.41) is 3.82. The number of hydrogen-bond acceptors (Lipinski definition) is 6. The number of thioether (sulfide) groups is 2. The first kappa shape index (κ1) is 21.0. The van der Waals surface area contributed by atoms with Crippen LogP contribution in [0.25, 0.3) is 0 Å². The molecule has 1 aromatic carbocycles. The van der Waals surface area contributed by atoms with Gasteiger partial charge in [0.15, 0.2) is 0 Å². The van der Waals surface area contributed by atoms with Gasteiger partial charge in [-0.2, -0.15) is 0 Å². The Balaban J connectivity index is 1.49. The lowest BCUT2D eigenvalue weighted by Crippen LogP contribution is -2.39. The molecule has 2 aromatic rings. The summed E-state index contributed by atoms with van der Waals surface area (Å²) in [5.74, 6) is 2.67. The van der Waals surface area contributed by atoms with Crippen LogP contribution >= 0.6 is 23.5 Å². The fourth-order valence-electron chi connectivity index (χ4n) is 3.57. The zero-order valence-corrected chi connectivity index (χ0v) is 18.4. The highest BCUT2D eigenvalue weighted by Crippen LogP contribution is 2.26. The lowest BCUT2D eigenvalue weighted by atomic mass is 9.92. The van der Waals surface area contributed by atoms with Gasteiger partial charge in [-0.3, -0.25) is 4.79 Å². The molecule has 0 saturated carbocycles. The van der Waals surface area contributed by atoms with Gasteiger partial charge >= 0.3 is 0 Å². The molecular formula is C21H28N4OS2. The van der Waals surface area contributed by atoms with Crippen LogP contribution in [0.2, 0.25) is 0 Å². The normalized spacial score (nSPS) is 19.5. The summed E-state index contributed by atoms with van der Waals surface area (Å²) in [6, 6.07) is 10.3. The molecule has 1 saturated heterocycles. The molecule has 3 rings (SSSR count). The minimum atomic E-state index is 0.0133. The third kappa shape index (κ3) is 6.14. The third-order valence-corrected chi connectivity index (χ3v) is 6.49. The summed E-state index contributed by atoms with van der Waals surface area (Å²) in [7, 11) is 0. The Morgan fingerprint density at radius 2 is 1.89 bits per heavy atom. The van der Waals surface area contributed by atoms with Gasteiger partial charge in [-0.1, -0.05) is 37.7 Å². The average Bonchev–Trinajstić information content (AvgIpc) is 2.70. The van der Waals surface area contributed by atoms with Gasteiger partial charge < -0.3 is 10.2 Å². The van der Waals surface area contributed by atoms with E-state index in [-0.39, 0.29) is 5.91 Å². The van der Waals surface area contributed by atoms with E-state index >= 15 is 0 Å². The number of rotatable bonds is 7. The van der Waals surface area contributed by atoms with E-state index in [1.165, 1.54) is 23.1 Å². The SMILES string of the molecule is CSc1ccc(CNC(=O)CSc2cc(N3C[C@@H](C)C[C@H](C)C3)ncn2)cc1. The summed E-state index contributed by atoms with van der Waals surface area (Å²) in [4.78, 5) is 24.5. The minimum Gasteiger partial charge on any atom is -0.356 e. The second-order valence-electron chi connectivity index (χ2n) is 7.48. The second kappa shape index (κ2) is 10.2. The van der Waals surface area contributed by atoms with Crippen LogP contribution < -0.4 is 10.2 Å². The van der Waals surface area contributed by atoms with Crippen molar-refractivity contribution in [2.75, 3.05) is 30.0 Å². The van der Waals surface area contributed by atoms with Crippen molar-refractivity contribution in [3.63, 3.8) is 0 Å². The van der Waals surface area contributed by atoms with E-state index in [9.17, 15) is 4.79 Å². The van der Waals surface area contributed by atoms with Gasteiger partial charge in [0.05, 0.1) is 5.75 Å². The number of piperidine rings is 1. The van der Waals surface area contributed by atoms with Gasteiger partial charge in [0, 0.05) is 30.6 Å². The predicted molar refractivity (Wildman–Crippen MR) is 118 cm³/mol. The van der Waals surface area contributed by atoms with E-state index in [1.54, 1.807) is 18.1 Å². The molecule has 1 aromatic heterocycles. The molecule has 28 heavy (non-hydrogen) atoms. The van der Waals surface area contributed by atoms with Crippen LogP contribution in [0.3, 0.4) is 0 Å². The Hall–Kier alpha value is -1.73. The summed E-state index contributed by atoms with van der Waals surface area (Å²) in [6.45, 7) is 7.19. The number of hydrogen-bond donors (Lipinski definition) is 1. The number of amides is 1. The molecule has 0 bridgehead atoms. The lowest BCUT2D eigenvalue weighted by molar-refractivity contribution is -0.118. The maximum Gasteiger partial charge on any atom is 0.230 e. The molecule has 7 heteroatoms. The minimum absolute atomic E-state index is 0.0133. The number of aromatic nitrogens is 2. The second-order valence-corrected chi connectivity index (χ2v) is 9.35. The van der Waals surface area contributed by atoms with Gasteiger partial charge in [0.2, 0.25) is 5.91 Å². The van der Waals surface area contributed by atoms with Crippen molar-refractivity contribution >= 4 is 35.2 Å². The quantitative estimate of drug-likeness (QED) is 0.542. The highest BCUT2D eigenvalue weighted by molar-refractivity contribution is 7.99. The molecule has 1 aliphatic heterocycles. The van der Waals surface area contributed by atoms with Gasteiger partial charge in [-0.15, -0.1) is 11.8 Å². The topological polar surface area (TPSA) is 58.1 Å². The van der Waals surface area contributed by atoms with Gasteiger partial charge in [-0.05, 0) is 42.2 Å². The molecule has 150 valence electrons. The van der Waals surface area contributed by atoms with E-state index in [0.29, 0.717) is 24.1 Å². The standard InChI is InChI=1S/C21H28N4OS2/c1-15-8-16(2)12-25(11-15)19-9-21(24-14-23-19)28-13-20(26)22-10-17-4-6-18(27-3)7-5-17/h4-7,9,14-16H,8,10-13H2,1-3H3,(H,22,26)/t15-,16-/m0/s1. The molecule has 0 radical (unpaired) electrons. The summed E-state index contributed by atoms with van der Waals surface area (Å²) >= 11 is 3.17. The molecule has 5 nitrogen and oxygen atoms in total. The van der Waals surface area contributed by atoms with Crippen LogP contribution in [0.4, 0.5) is 5.82 Å². The Kier molecular flexibility index (Phi) is 7.62. The van der Waals surface area contributed by atoms with Crippen LogP contribution in [-0.2, 0) is 11.3 Å². The molecule has 1 aliphatic rings. The lowest BCUT2D eigenvalue weighted by Gasteiger charge is -2.35. The Morgan fingerprint density at radius 3 is 2.57 bits per heavy atom. The van der Waals surface area contributed by atoms with E-state index in [1.807, 2.05) is 6.07 Å². The fraction of sp³-hybridized carbons (Fsp3) is 0.476. The molecule has 0 unspecified atom stereocenters. The van der Waals surface area contributed by atoms with Gasteiger partial charge in [0.25, 0.3) is 0 Å². The van der Waals surface area contributed by atoms with Crippen molar-refractivity contribution in [1.29, 1.82) is 0 Å². The number of benzene rings is 1. The molecule has 1 N–H and O–H groups in total. The molecule has 1 fully saturated rings. The summed E-state index contributed by atoms with van der Waals surface area (Å²) in [5.41, 5.74) is 1.11. The van der Waals surface area contributed by atoms with Crippen LogP contribution in [0, 0.1) is 11.8 Å². The van der Waals surface area contributed by atoms with E-state index in [4.69, 9.17) is 0 Å². The van der Waals surface area contributed by atoms with E-state index in [0.717, 1.165) is 29.5 Å². The largest absolute Gasteiger partial charge is 0.356 e. The Labute approximate surface area is 176 Å². The third-order valence-electron chi connectivity index (χ3n) is 4.82. The van der Waals surface area contributed by atoms with Crippen molar-refractivity contribution in [3.8, 4) is 0 Å². The van der Waals surface area contributed by atoms with Crippen molar-refractivity contribution < 1.29 is 4.79 Å². The summed E-state index contributed by atoms with van der Waals surface area (Å²) < 4.78 is 0. The molecule has 2 atom stereocenters. The fourth-order valence-corrected chi connectivity index (χ4v) is 4.67. The Morgan fingerprint density at radius 1 is 1.18 bits per heavy atom. The van der Waals surface area contributed by atoms with Crippen molar-refractivity contribution in [2.45, 2.75) is 36.7 Å². The van der Waals surface area contributed by atoms with E-state index < -0.39 is 0 Å². The molecule has 1 amide bonds. The maximum absolute atomic E-state index is 12.2. The van der Waals surface area contributed by atoms with E-state index in [2.05, 4.69) is 64.6 Å². The number of carbonyl (C=O) groups excluding carboxylic acids is 1. The van der Waals surface area contributed by atoms with Gasteiger partial charge in [-0.25, -0.2) is 9.97 Å². The maximum atomic E-state index is 12.2. The number of nitrogens with zero attached hydrogens (tertiary/aromatic N) is 3. The zero-order valence-electron chi connectivity index (χ0n) is 16.7. The smallest absolute Gasteiger partial charge is 0.230 e. The molecule has 0 spiro atoms. The first-order chi connectivity index (χ1) is 13.5. The molecular weight excluding hydrogens is 388 g/mol.